The maximum absolute atomic E-state index is 12.6. The van der Waals surface area contributed by atoms with Crippen molar-refractivity contribution in [2.45, 2.75) is 25.6 Å². The number of hydrogen-bond acceptors (Lipinski definition) is 3. The van der Waals surface area contributed by atoms with Gasteiger partial charge in [0.05, 0.1) is 18.1 Å². The van der Waals surface area contributed by atoms with Crippen LogP contribution in [0.3, 0.4) is 0 Å². The number of alkyl halides is 3. The van der Waals surface area contributed by atoms with Crippen molar-refractivity contribution in [2.75, 3.05) is 19.0 Å². The molecule has 0 aliphatic heterocycles. The summed E-state index contributed by atoms with van der Waals surface area (Å²) < 4.78 is 42.8. The topological polar surface area (TPSA) is 64.3 Å². The van der Waals surface area contributed by atoms with E-state index in [1.165, 1.54) is 13.2 Å². The Kier molecular flexibility index (Phi) is 7.70. The number of halogens is 4. The van der Waals surface area contributed by atoms with Crippen molar-refractivity contribution in [1.29, 1.82) is 0 Å². The Morgan fingerprint density at radius 2 is 2.05 bits per heavy atom. The molecule has 21 heavy (non-hydrogen) atoms. The van der Waals surface area contributed by atoms with E-state index in [0.29, 0.717) is 5.56 Å². The minimum atomic E-state index is -4.44. The molecule has 0 saturated heterocycles. The van der Waals surface area contributed by atoms with E-state index in [0.717, 1.165) is 12.1 Å². The minimum absolute atomic E-state index is 0. The van der Waals surface area contributed by atoms with Crippen molar-refractivity contribution >= 4 is 24.0 Å². The lowest BCUT2D eigenvalue weighted by molar-refractivity contribution is -0.137. The number of anilines is 1. The molecule has 0 saturated carbocycles. The molecule has 1 aromatic rings. The summed E-state index contributed by atoms with van der Waals surface area (Å²) in [5, 5.41) is 2.45. The van der Waals surface area contributed by atoms with Crippen molar-refractivity contribution < 1.29 is 22.7 Å². The van der Waals surface area contributed by atoms with Crippen LogP contribution in [-0.4, -0.2) is 25.7 Å². The Hall–Kier alpha value is -1.31. The van der Waals surface area contributed by atoms with Crippen LogP contribution in [0.1, 0.15) is 17.5 Å². The Balaban J connectivity index is 0.00000400. The van der Waals surface area contributed by atoms with Crippen LogP contribution in [0, 0.1) is 6.92 Å². The first-order valence-corrected chi connectivity index (χ1v) is 5.98. The molecule has 1 atom stereocenters. The first kappa shape index (κ1) is 19.7. The first-order valence-electron chi connectivity index (χ1n) is 5.98. The molecule has 0 bridgehead atoms. The second-order valence-corrected chi connectivity index (χ2v) is 4.37. The number of aryl methyl sites for hydroxylation is 1. The number of carbonyl (C=O) groups is 1. The number of rotatable bonds is 5. The van der Waals surface area contributed by atoms with Gasteiger partial charge in [-0.1, -0.05) is 6.07 Å². The van der Waals surface area contributed by atoms with Gasteiger partial charge in [-0.2, -0.15) is 13.2 Å². The van der Waals surface area contributed by atoms with Crippen LogP contribution in [0.5, 0.6) is 0 Å². The van der Waals surface area contributed by atoms with Gasteiger partial charge in [-0.15, -0.1) is 12.4 Å². The second-order valence-electron chi connectivity index (χ2n) is 4.37. The van der Waals surface area contributed by atoms with Crippen molar-refractivity contribution in [2.24, 2.45) is 5.73 Å². The molecule has 1 aromatic carbocycles. The third kappa shape index (κ3) is 5.91. The number of benzene rings is 1. The molecule has 120 valence electrons. The lowest BCUT2D eigenvalue weighted by atomic mass is 10.1. The van der Waals surface area contributed by atoms with Gasteiger partial charge in [-0.25, -0.2) is 0 Å². The van der Waals surface area contributed by atoms with Crippen LogP contribution in [0.15, 0.2) is 18.2 Å². The van der Waals surface area contributed by atoms with Gasteiger partial charge in [0.2, 0.25) is 5.91 Å². The quantitative estimate of drug-likeness (QED) is 0.874. The average molecular weight is 327 g/mol. The number of nitrogens with two attached hydrogens (primary N) is 1. The number of ether oxygens (including phenoxy) is 1. The van der Waals surface area contributed by atoms with Gasteiger partial charge in [0.1, 0.15) is 0 Å². The van der Waals surface area contributed by atoms with E-state index < -0.39 is 23.8 Å². The summed E-state index contributed by atoms with van der Waals surface area (Å²) in [7, 11) is 1.42. The fraction of sp³-hybridized carbons (Fsp3) is 0.462. The molecule has 4 nitrogen and oxygen atoms in total. The van der Waals surface area contributed by atoms with Crippen molar-refractivity contribution in [3.05, 3.63) is 29.3 Å². The van der Waals surface area contributed by atoms with Gasteiger partial charge in [-0.05, 0) is 24.6 Å². The largest absolute Gasteiger partial charge is 0.416 e. The standard InChI is InChI=1S/C13H17F3N2O2.ClH/c1-8-3-4-9(13(14,15)16)5-11(8)18-12(19)6-10(7-17)20-2;/h3-5,10H,6-7,17H2,1-2H3,(H,18,19);1H. The molecule has 0 aliphatic rings. The van der Waals surface area contributed by atoms with Gasteiger partial charge >= 0.3 is 6.18 Å². The van der Waals surface area contributed by atoms with Crippen LogP contribution in [0.2, 0.25) is 0 Å². The Morgan fingerprint density at radius 3 is 2.52 bits per heavy atom. The summed E-state index contributed by atoms with van der Waals surface area (Å²) in [5.74, 6) is -0.440. The highest BCUT2D eigenvalue weighted by atomic mass is 35.5. The molecule has 8 heteroatoms. The lowest BCUT2D eigenvalue weighted by Gasteiger charge is -2.15. The molecule has 3 N–H and O–H groups in total. The number of amides is 1. The van der Waals surface area contributed by atoms with E-state index in [9.17, 15) is 18.0 Å². The highest BCUT2D eigenvalue weighted by Crippen LogP contribution is 2.32. The Morgan fingerprint density at radius 1 is 1.43 bits per heavy atom. The molecule has 0 spiro atoms. The number of nitrogens with one attached hydrogen (secondary N) is 1. The summed E-state index contributed by atoms with van der Waals surface area (Å²) in [6.45, 7) is 1.78. The zero-order chi connectivity index (χ0) is 15.3. The summed E-state index contributed by atoms with van der Waals surface area (Å²) >= 11 is 0. The first-order chi connectivity index (χ1) is 9.27. The predicted molar refractivity (Wildman–Crippen MR) is 76.5 cm³/mol. The van der Waals surface area contributed by atoms with Gasteiger partial charge in [0, 0.05) is 19.3 Å². The summed E-state index contributed by atoms with van der Waals surface area (Å²) in [4.78, 5) is 11.7. The molecule has 1 rings (SSSR count). The van der Waals surface area contributed by atoms with Crippen molar-refractivity contribution in [1.82, 2.24) is 0 Å². The lowest BCUT2D eigenvalue weighted by Crippen LogP contribution is -2.28. The SMILES string of the molecule is COC(CN)CC(=O)Nc1cc(C(F)(F)F)ccc1C.Cl. The molecular formula is C13H18ClF3N2O2. The summed E-state index contributed by atoms with van der Waals surface area (Å²) in [5.41, 5.74) is 5.26. The van der Waals surface area contributed by atoms with Gasteiger partial charge < -0.3 is 15.8 Å². The number of methoxy groups -OCH3 is 1. The number of carbonyl (C=O) groups excluding carboxylic acids is 1. The Labute approximate surface area is 127 Å². The van der Waals surface area contributed by atoms with Crippen LogP contribution in [-0.2, 0) is 15.7 Å². The van der Waals surface area contributed by atoms with Crippen LogP contribution in [0.4, 0.5) is 18.9 Å². The molecule has 0 heterocycles. The monoisotopic (exact) mass is 326 g/mol. The third-order valence-electron chi connectivity index (χ3n) is 2.85. The van der Waals surface area contributed by atoms with Gasteiger partial charge in [-0.3, -0.25) is 4.79 Å². The molecule has 0 aliphatic carbocycles. The minimum Gasteiger partial charge on any atom is -0.380 e. The Bertz CT molecular complexity index is 477. The third-order valence-corrected chi connectivity index (χ3v) is 2.85. The molecule has 0 aromatic heterocycles. The fourth-order valence-electron chi connectivity index (χ4n) is 1.60. The molecule has 1 unspecified atom stereocenters. The van der Waals surface area contributed by atoms with Crippen molar-refractivity contribution in [3.63, 3.8) is 0 Å². The highest BCUT2D eigenvalue weighted by molar-refractivity contribution is 5.91. The fourth-order valence-corrected chi connectivity index (χ4v) is 1.60. The summed E-state index contributed by atoms with van der Waals surface area (Å²) in [6.07, 6.45) is -4.91. The zero-order valence-electron chi connectivity index (χ0n) is 11.7. The van der Waals surface area contributed by atoms with E-state index in [1.54, 1.807) is 6.92 Å². The normalized spacial score (nSPS) is 12.5. The van der Waals surface area contributed by atoms with Crippen LogP contribution < -0.4 is 11.1 Å². The van der Waals surface area contributed by atoms with E-state index >= 15 is 0 Å². The second kappa shape index (κ2) is 8.21. The maximum Gasteiger partial charge on any atom is 0.416 e. The van der Waals surface area contributed by atoms with E-state index in [2.05, 4.69) is 5.32 Å². The van der Waals surface area contributed by atoms with Gasteiger partial charge in [0.15, 0.2) is 0 Å². The number of hydrogen-bond donors (Lipinski definition) is 2. The smallest absolute Gasteiger partial charge is 0.380 e. The van der Waals surface area contributed by atoms with Crippen molar-refractivity contribution in [3.8, 4) is 0 Å². The van der Waals surface area contributed by atoms with E-state index in [1.807, 2.05) is 0 Å². The maximum atomic E-state index is 12.6. The molecule has 1 amide bonds. The zero-order valence-corrected chi connectivity index (χ0v) is 12.5. The van der Waals surface area contributed by atoms with Crippen LogP contribution in [0.25, 0.3) is 0 Å². The van der Waals surface area contributed by atoms with E-state index in [-0.39, 0.29) is 31.1 Å². The molecular weight excluding hydrogens is 309 g/mol. The van der Waals surface area contributed by atoms with Gasteiger partial charge in [0.25, 0.3) is 0 Å². The molecule has 0 fully saturated rings. The molecule has 0 radical (unpaired) electrons. The van der Waals surface area contributed by atoms with Crippen LogP contribution >= 0.6 is 12.4 Å². The highest BCUT2D eigenvalue weighted by Gasteiger charge is 2.31. The average Bonchev–Trinajstić information content (AvgIpc) is 2.37. The summed E-state index contributed by atoms with van der Waals surface area (Å²) in [6, 6.07) is 3.20. The predicted octanol–water partition coefficient (Wildman–Crippen LogP) is 2.74. The van der Waals surface area contributed by atoms with E-state index in [4.69, 9.17) is 10.5 Å².